The minimum atomic E-state index is -0.786. The zero-order valence-corrected chi connectivity index (χ0v) is 13.9. The van der Waals surface area contributed by atoms with E-state index in [1.807, 2.05) is 13.8 Å². The van der Waals surface area contributed by atoms with Crippen LogP contribution >= 0.6 is 0 Å². The minimum Gasteiger partial charge on any atom is -0.484 e. The van der Waals surface area contributed by atoms with E-state index in [1.54, 1.807) is 0 Å². The Labute approximate surface area is 132 Å². The molecule has 4 bridgehead atoms. The Morgan fingerprint density at radius 1 is 1.23 bits per heavy atom. The van der Waals surface area contributed by atoms with Gasteiger partial charge in [-0.1, -0.05) is 13.5 Å². The molecule has 4 nitrogen and oxygen atoms in total. The van der Waals surface area contributed by atoms with Crippen molar-refractivity contribution < 1.29 is 19.7 Å². The normalized spacial score (nSPS) is 45.4. The van der Waals surface area contributed by atoms with Crippen molar-refractivity contribution >= 4 is 5.78 Å². The summed E-state index contributed by atoms with van der Waals surface area (Å²) in [6.45, 7) is 9.27. The summed E-state index contributed by atoms with van der Waals surface area (Å²) >= 11 is 0. The molecule has 0 amide bonds. The van der Waals surface area contributed by atoms with Crippen molar-refractivity contribution in [2.45, 2.75) is 82.5 Å². The van der Waals surface area contributed by atoms with Crippen molar-refractivity contribution in [3.05, 3.63) is 12.3 Å². The quantitative estimate of drug-likeness (QED) is 0.605. The van der Waals surface area contributed by atoms with Crippen molar-refractivity contribution in [3.8, 4) is 0 Å². The van der Waals surface area contributed by atoms with Gasteiger partial charge in [-0.15, -0.1) is 0 Å². The predicted molar refractivity (Wildman–Crippen MR) is 83.1 cm³/mol. The van der Waals surface area contributed by atoms with E-state index in [-0.39, 0.29) is 17.0 Å². The standard InChI is InChI=1S/C18H28O4/c1-5-15(4,22-13(3)12(2)19)16-6-14-7-17(20,9-16)11-18(21,8-14)10-16/h14,20-21H,3,5-11H2,1-2,4H3. The highest BCUT2D eigenvalue weighted by Gasteiger charge is 2.68. The van der Waals surface area contributed by atoms with Crippen molar-refractivity contribution in [1.82, 2.24) is 0 Å². The smallest absolute Gasteiger partial charge is 0.193 e. The van der Waals surface area contributed by atoms with Crippen LogP contribution in [-0.4, -0.2) is 32.8 Å². The molecule has 4 saturated carbocycles. The summed E-state index contributed by atoms with van der Waals surface area (Å²) in [6, 6.07) is 0. The van der Waals surface area contributed by atoms with Crippen LogP contribution in [0.2, 0.25) is 0 Å². The van der Waals surface area contributed by atoms with Gasteiger partial charge in [-0.3, -0.25) is 4.79 Å². The van der Waals surface area contributed by atoms with Gasteiger partial charge in [-0.25, -0.2) is 0 Å². The van der Waals surface area contributed by atoms with E-state index < -0.39 is 16.8 Å². The number of ketones is 1. The van der Waals surface area contributed by atoms with Gasteiger partial charge in [0, 0.05) is 18.8 Å². The van der Waals surface area contributed by atoms with E-state index in [4.69, 9.17) is 4.74 Å². The third-order valence-electron chi connectivity index (χ3n) is 6.55. The van der Waals surface area contributed by atoms with Crippen LogP contribution in [0, 0.1) is 11.3 Å². The van der Waals surface area contributed by atoms with Crippen molar-refractivity contribution in [1.29, 1.82) is 0 Å². The fraction of sp³-hybridized carbons (Fsp3) is 0.833. The van der Waals surface area contributed by atoms with Crippen LogP contribution in [0.15, 0.2) is 12.3 Å². The Morgan fingerprint density at radius 2 is 1.77 bits per heavy atom. The molecule has 2 N–H and O–H groups in total. The van der Waals surface area contributed by atoms with Crippen LogP contribution in [0.25, 0.3) is 0 Å². The highest BCUT2D eigenvalue weighted by molar-refractivity contribution is 5.90. The van der Waals surface area contributed by atoms with E-state index in [0.29, 0.717) is 25.2 Å². The number of allylic oxidation sites excluding steroid dienone is 1. The molecule has 0 aromatic heterocycles. The maximum atomic E-state index is 11.6. The SMILES string of the molecule is C=C(OC(C)(CC)C12CC3CC(O)(CC(O)(C3)C1)C2)C(C)=O. The van der Waals surface area contributed by atoms with Gasteiger partial charge in [0.1, 0.15) is 5.60 Å². The second kappa shape index (κ2) is 4.57. The van der Waals surface area contributed by atoms with Gasteiger partial charge in [-0.05, 0) is 51.4 Å². The number of Topliss-reactive ketones (excluding diaryl/α,β-unsaturated/α-hetero) is 1. The van der Waals surface area contributed by atoms with Gasteiger partial charge >= 0.3 is 0 Å². The molecule has 4 aliphatic carbocycles. The molecular formula is C18H28O4. The Hall–Kier alpha value is -0.870. The molecule has 0 spiro atoms. The Balaban J connectivity index is 1.97. The van der Waals surface area contributed by atoms with Gasteiger partial charge in [0.15, 0.2) is 11.5 Å². The summed E-state index contributed by atoms with van der Waals surface area (Å²) in [6.07, 6.45) is 5.01. The fourth-order valence-electron chi connectivity index (χ4n) is 5.83. The topological polar surface area (TPSA) is 66.8 Å². The molecular weight excluding hydrogens is 280 g/mol. The number of ether oxygens (including phenoxy) is 1. The average molecular weight is 308 g/mol. The molecule has 4 heteroatoms. The van der Waals surface area contributed by atoms with Gasteiger partial charge in [-0.2, -0.15) is 0 Å². The third-order valence-corrected chi connectivity index (χ3v) is 6.55. The molecule has 124 valence electrons. The molecule has 3 unspecified atom stereocenters. The second-order valence-electron chi connectivity index (χ2n) is 8.40. The monoisotopic (exact) mass is 308 g/mol. The summed E-state index contributed by atoms with van der Waals surface area (Å²) in [5.74, 6) is 0.354. The van der Waals surface area contributed by atoms with Crippen LogP contribution in [-0.2, 0) is 9.53 Å². The first kappa shape index (κ1) is 16.0. The number of rotatable bonds is 5. The summed E-state index contributed by atoms with van der Waals surface area (Å²) in [4.78, 5) is 11.6. The van der Waals surface area contributed by atoms with Crippen LogP contribution in [0.5, 0.6) is 0 Å². The largest absolute Gasteiger partial charge is 0.484 e. The van der Waals surface area contributed by atoms with Crippen molar-refractivity contribution in [3.63, 3.8) is 0 Å². The molecule has 0 aromatic carbocycles. The molecule has 0 saturated heterocycles. The molecule has 22 heavy (non-hydrogen) atoms. The Kier molecular flexibility index (Phi) is 3.33. The average Bonchev–Trinajstić information content (AvgIpc) is 2.33. The predicted octanol–water partition coefficient (Wildman–Crippen LogP) is 2.72. The summed E-state index contributed by atoms with van der Waals surface area (Å²) in [7, 11) is 0. The second-order valence-corrected chi connectivity index (χ2v) is 8.40. The lowest BCUT2D eigenvalue weighted by Crippen LogP contribution is -2.68. The van der Waals surface area contributed by atoms with E-state index in [1.165, 1.54) is 6.92 Å². The van der Waals surface area contributed by atoms with Crippen LogP contribution in [0.3, 0.4) is 0 Å². The van der Waals surface area contributed by atoms with E-state index in [2.05, 4.69) is 6.58 Å². The number of aliphatic hydroxyl groups is 2. The van der Waals surface area contributed by atoms with Crippen molar-refractivity contribution in [2.75, 3.05) is 0 Å². The summed E-state index contributed by atoms with van der Waals surface area (Å²) in [5.41, 5.74) is -2.45. The van der Waals surface area contributed by atoms with Crippen LogP contribution in [0.4, 0.5) is 0 Å². The lowest BCUT2D eigenvalue weighted by molar-refractivity contribution is -0.274. The van der Waals surface area contributed by atoms with E-state index >= 15 is 0 Å². The zero-order valence-electron chi connectivity index (χ0n) is 13.9. The zero-order chi connectivity index (χ0) is 16.4. The maximum absolute atomic E-state index is 11.6. The molecule has 4 fully saturated rings. The fourth-order valence-corrected chi connectivity index (χ4v) is 5.83. The molecule has 0 radical (unpaired) electrons. The number of hydrogen-bond acceptors (Lipinski definition) is 4. The van der Waals surface area contributed by atoms with Crippen molar-refractivity contribution in [2.24, 2.45) is 11.3 Å². The number of hydrogen-bond donors (Lipinski definition) is 2. The highest BCUT2D eigenvalue weighted by atomic mass is 16.5. The van der Waals surface area contributed by atoms with Crippen LogP contribution < -0.4 is 0 Å². The minimum absolute atomic E-state index is 0.165. The number of carbonyl (C=O) groups is 1. The lowest BCUT2D eigenvalue weighted by atomic mass is 9.42. The first-order valence-corrected chi connectivity index (χ1v) is 8.38. The molecule has 3 atom stereocenters. The third kappa shape index (κ3) is 2.23. The first-order valence-electron chi connectivity index (χ1n) is 8.38. The lowest BCUT2D eigenvalue weighted by Gasteiger charge is -2.67. The van der Waals surface area contributed by atoms with Gasteiger partial charge < -0.3 is 14.9 Å². The van der Waals surface area contributed by atoms with Gasteiger partial charge in [0.25, 0.3) is 0 Å². The Morgan fingerprint density at radius 3 is 2.18 bits per heavy atom. The molecule has 0 heterocycles. The molecule has 0 aromatic rings. The molecule has 0 aliphatic heterocycles. The summed E-state index contributed by atoms with van der Waals surface area (Å²) < 4.78 is 6.06. The maximum Gasteiger partial charge on any atom is 0.193 e. The summed E-state index contributed by atoms with van der Waals surface area (Å²) in [5, 5.41) is 21.9. The number of carbonyl (C=O) groups excluding carboxylic acids is 1. The van der Waals surface area contributed by atoms with Gasteiger partial charge in [0.05, 0.1) is 11.2 Å². The van der Waals surface area contributed by atoms with E-state index in [0.717, 1.165) is 25.7 Å². The van der Waals surface area contributed by atoms with Gasteiger partial charge in [0.2, 0.25) is 0 Å². The van der Waals surface area contributed by atoms with E-state index in [9.17, 15) is 15.0 Å². The Bertz CT molecular complexity index is 507. The first-order chi connectivity index (χ1) is 10.0. The van der Waals surface area contributed by atoms with Crippen LogP contribution in [0.1, 0.15) is 65.7 Å². The molecule has 4 rings (SSSR count). The molecule has 4 aliphatic rings. The highest BCUT2D eigenvalue weighted by Crippen LogP contribution is 2.67.